The van der Waals surface area contributed by atoms with E-state index in [2.05, 4.69) is 5.32 Å². The lowest BCUT2D eigenvalue weighted by atomic mass is 9.82. The summed E-state index contributed by atoms with van der Waals surface area (Å²) in [5, 5.41) is 3.17. The van der Waals surface area contributed by atoms with E-state index < -0.39 is 39.7 Å². The molecule has 1 fully saturated rings. The maximum absolute atomic E-state index is 13.5. The molecule has 1 aliphatic heterocycles. The SMILES string of the molecule is CS(=O)(=O)OC(C1CCCN1)C(c1ccc(F)cc1)c1cccc(C(F)(F)F)c1.Cl. The van der Waals surface area contributed by atoms with E-state index in [0.29, 0.717) is 18.5 Å². The fraction of sp³-hybridized carbons (Fsp3) is 0.400. The van der Waals surface area contributed by atoms with Crippen LogP contribution in [0.4, 0.5) is 17.6 Å². The van der Waals surface area contributed by atoms with Gasteiger partial charge in [-0.25, -0.2) is 4.39 Å². The van der Waals surface area contributed by atoms with Crippen LogP contribution >= 0.6 is 12.4 Å². The lowest BCUT2D eigenvalue weighted by Crippen LogP contribution is -2.42. The van der Waals surface area contributed by atoms with E-state index in [1.165, 1.54) is 36.4 Å². The van der Waals surface area contributed by atoms with Gasteiger partial charge in [-0.3, -0.25) is 4.18 Å². The van der Waals surface area contributed by atoms with Crippen LogP contribution in [-0.2, 0) is 20.5 Å². The van der Waals surface area contributed by atoms with E-state index in [0.717, 1.165) is 24.8 Å². The van der Waals surface area contributed by atoms with Crippen molar-refractivity contribution in [2.24, 2.45) is 0 Å². The number of halogens is 5. The van der Waals surface area contributed by atoms with Gasteiger partial charge in [0.1, 0.15) is 11.9 Å². The molecule has 0 saturated carbocycles. The lowest BCUT2D eigenvalue weighted by Gasteiger charge is -2.32. The molecule has 3 atom stereocenters. The van der Waals surface area contributed by atoms with Crippen molar-refractivity contribution in [3.63, 3.8) is 0 Å². The molecule has 2 aromatic rings. The zero-order valence-electron chi connectivity index (χ0n) is 16.0. The minimum Gasteiger partial charge on any atom is -0.311 e. The highest BCUT2D eigenvalue weighted by molar-refractivity contribution is 7.86. The first-order valence-corrected chi connectivity index (χ1v) is 10.9. The quantitative estimate of drug-likeness (QED) is 0.502. The summed E-state index contributed by atoms with van der Waals surface area (Å²) in [5.41, 5.74) is -0.138. The van der Waals surface area contributed by atoms with Crippen molar-refractivity contribution in [1.29, 1.82) is 0 Å². The van der Waals surface area contributed by atoms with Crippen molar-refractivity contribution in [1.82, 2.24) is 5.32 Å². The summed E-state index contributed by atoms with van der Waals surface area (Å²) < 4.78 is 82.6. The number of benzene rings is 2. The van der Waals surface area contributed by atoms with Crippen LogP contribution in [0.25, 0.3) is 0 Å². The highest BCUT2D eigenvalue weighted by Gasteiger charge is 2.38. The van der Waals surface area contributed by atoms with Gasteiger partial charge in [0.2, 0.25) is 0 Å². The van der Waals surface area contributed by atoms with Gasteiger partial charge in [0.25, 0.3) is 10.1 Å². The Hall–Kier alpha value is -1.68. The van der Waals surface area contributed by atoms with Crippen LogP contribution in [0, 0.1) is 5.82 Å². The van der Waals surface area contributed by atoms with Crippen molar-refractivity contribution in [3.05, 3.63) is 71.0 Å². The van der Waals surface area contributed by atoms with E-state index in [1.807, 2.05) is 0 Å². The molecule has 3 unspecified atom stereocenters. The molecule has 0 spiro atoms. The van der Waals surface area contributed by atoms with Crippen molar-refractivity contribution >= 4 is 22.5 Å². The maximum atomic E-state index is 13.5. The molecule has 0 amide bonds. The minimum atomic E-state index is -4.55. The van der Waals surface area contributed by atoms with Crippen LogP contribution in [0.5, 0.6) is 0 Å². The molecular formula is C20H22ClF4NO3S. The fourth-order valence-corrected chi connectivity index (χ4v) is 4.35. The van der Waals surface area contributed by atoms with Crippen molar-refractivity contribution in [2.45, 2.75) is 37.1 Å². The molecule has 1 saturated heterocycles. The summed E-state index contributed by atoms with van der Waals surface area (Å²) in [6.07, 6.45) is -3.24. The van der Waals surface area contributed by atoms with Crippen molar-refractivity contribution in [2.75, 3.05) is 12.8 Å². The third kappa shape index (κ3) is 6.16. The van der Waals surface area contributed by atoms with Crippen molar-refractivity contribution in [3.8, 4) is 0 Å². The standard InChI is InChI=1S/C20H21F4NO3S.ClH/c1-29(26,27)28-19(17-6-3-11-25-17)18(13-7-9-16(21)10-8-13)14-4-2-5-15(12-14)20(22,23)24;/h2,4-5,7-10,12,17-19,25H,3,6,11H2,1H3;1H. The van der Waals surface area contributed by atoms with Crippen LogP contribution in [0.2, 0.25) is 0 Å². The summed E-state index contributed by atoms with van der Waals surface area (Å²) in [6.45, 7) is 0.646. The molecule has 30 heavy (non-hydrogen) atoms. The second kappa shape index (κ2) is 9.64. The highest BCUT2D eigenvalue weighted by atomic mass is 35.5. The summed E-state index contributed by atoms with van der Waals surface area (Å²) in [6, 6.07) is 9.58. The average Bonchev–Trinajstić information content (AvgIpc) is 3.16. The summed E-state index contributed by atoms with van der Waals surface area (Å²) in [7, 11) is -3.90. The Morgan fingerprint density at radius 3 is 2.30 bits per heavy atom. The molecule has 1 N–H and O–H groups in total. The highest BCUT2D eigenvalue weighted by Crippen LogP contribution is 2.37. The normalized spacial score (nSPS) is 19.2. The molecule has 4 nitrogen and oxygen atoms in total. The van der Waals surface area contributed by atoms with Gasteiger partial charge in [-0.2, -0.15) is 21.6 Å². The Kier molecular flexibility index (Phi) is 7.90. The van der Waals surface area contributed by atoms with Crippen molar-refractivity contribution < 1.29 is 30.2 Å². The maximum Gasteiger partial charge on any atom is 0.416 e. The second-order valence-corrected chi connectivity index (χ2v) is 8.72. The van der Waals surface area contributed by atoms with Crippen LogP contribution in [0.3, 0.4) is 0 Å². The number of alkyl halides is 3. The van der Waals surface area contributed by atoms with E-state index in [4.69, 9.17) is 4.18 Å². The Bertz CT molecular complexity index is 945. The Morgan fingerprint density at radius 2 is 1.77 bits per heavy atom. The van der Waals surface area contributed by atoms with Crippen LogP contribution in [0.1, 0.15) is 35.4 Å². The van der Waals surface area contributed by atoms with E-state index >= 15 is 0 Å². The molecule has 0 aromatic heterocycles. The fourth-order valence-electron chi connectivity index (χ4n) is 3.70. The number of rotatable bonds is 6. The zero-order valence-corrected chi connectivity index (χ0v) is 17.7. The first-order chi connectivity index (χ1) is 13.5. The Labute approximate surface area is 179 Å². The minimum absolute atomic E-state index is 0. The number of hydrogen-bond acceptors (Lipinski definition) is 4. The third-order valence-electron chi connectivity index (χ3n) is 4.91. The summed E-state index contributed by atoms with van der Waals surface area (Å²) in [4.78, 5) is 0. The average molecular weight is 468 g/mol. The molecule has 0 aliphatic carbocycles. The van der Waals surface area contributed by atoms with E-state index in [1.54, 1.807) is 0 Å². The smallest absolute Gasteiger partial charge is 0.311 e. The topological polar surface area (TPSA) is 55.4 Å². The van der Waals surface area contributed by atoms with Gasteiger partial charge in [0, 0.05) is 12.0 Å². The van der Waals surface area contributed by atoms with Gasteiger partial charge in [-0.15, -0.1) is 12.4 Å². The molecule has 2 aromatic carbocycles. The monoisotopic (exact) mass is 467 g/mol. The molecule has 0 bridgehead atoms. The Morgan fingerprint density at radius 1 is 1.10 bits per heavy atom. The van der Waals surface area contributed by atoms with Gasteiger partial charge in [0.15, 0.2) is 0 Å². The summed E-state index contributed by atoms with van der Waals surface area (Å²) >= 11 is 0. The van der Waals surface area contributed by atoms with Gasteiger partial charge in [-0.1, -0.05) is 30.3 Å². The molecule has 166 valence electrons. The zero-order chi connectivity index (χ0) is 21.2. The molecule has 0 radical (unpaired) electrons. The van der Waals surface area contributed by atoms with Gasteiger partial charge in [0.05, 0.1) is 11.8 Å². The summed E-state index contributed by atoms with van der Waals surface area (Å²) in [5.74, 6) is -1.35. The van der Waals surface area contributed by atoms with Gasteiger partial charge < -0.3 is 5.32 Å². The van der Waals surface area contributed by atoms with Crippen LogP contribution < -0.4 is 5.32 Å². The third-order valence-corrected chi connectivity index (χ3v) is 5.48. The van der Waals surface area contributed by atoms with E-state index in [9.17, 15) is 26.0 Å². The first kappa shape index (κ1) is 24.6. The van der Waals surface area contributed by atoms with Crippen LogP contribution in [0.15, 0.2) is 48.5 Å². The number of nitrogens with one attached hydrogen (secondary N) is 1. The second-order valence-electron chi connectivity index (χ2n) is 7.12. The lowest BCUT2D eigenvalue weighted by molar-refractivity contribution is -0.137. The first-order valence-electron chi connectivity index (χ1n) is 9.09. The molecule has 3 rings (SSSR count). The van der Waals surface area contributed by atoms with Gasteiger partial charge >= 0.3 is 6.18 Å². The van der Waals surface area contributed by atoms with Gasteiger partial charge in [-0.05, 0) is 48.7 Å². The molecular weight excluding hydrogens is 446 g/mol. The molecule has 10 heteroatoms. The van der Waals surface area contributed by atoms with E-state index in [-0.39, 0.29) is 24.0 Å². The number of hydrogen-bond donors (Lipinski definition) is 1. The molecule has 1 aliphatic rings. The largest absolute Gasteiger partial charge is 0.416 e. The molecule has 1 heterocycles. The predicted molar refractivity (Wildman–Crippen MR) is 108 cm³/mol. The van der Waals surface area contributed by atoms with Crippen LogP contribution in [-0.4, -0.2) is 33.4 Å². The Balaban J connectivity index is 0.00000320. The predicted octanol–water partition coefficient (Wildman–Crippen LogP) is 4.50.